The second kappa shape index (κ2) is 7.23. The zero-order chi connectivity index (χ0) is 18.0. The Morgan fingerprint density at radius 1 is 1.20 bits per heavy atom. The van der Waals surface area contributed by atoms with Crippen LogP contribution in [-0.2, 0) is 14.3 Å². The van der Waals surface area contributed by atoms with Crippen LogP contribution in [0.4, 0.5) is 5.69 Å². The highest BCUT2D eigenvalue weighted by atomic mass is 16.5. The van der Waals surface area contributed by atoms with E-state index in [1.165, 1.54) is 5.01 Å². The third-order valence-electron chi connectivity index (χ3n) is 4.55. The molecule has 2 aliphatic rings. The van der Waals surface area contributed by atoms with Crippen LogP contribution in [0.25, 0.3) is 0 Å². The first kappa shape index (κ1) is 17.4. The fourth-order valence-electron chi connectivity index (χ4n) is 3.48. The quantitative estimate of drug-likeness (QED) is 0.857. The number of nitrogens with zero attached hydrogens (tertiary/aromatic N) is 2. The van der Waals surface area contributed by atoms with Gasteiger partial charge in [0.1, 0.15) is 11.8 Å². The minimum atomic E-state index is -0.643. The zero-order valence-corrected chi connectivity index (χ0v) is 14.5. The maximum absolute atomic E-state index is 12.6. The van der Waals surface area contributed by atoms with Gasteiger partial charge in [0.05, 0.1) is 17.9 Å². The normalized spacial score (nSPS) is 29.2. The Labute approximate surface area is 147 Å². The molecule has 0 spiro atoms. The first-order chi connectivity index (χ1) is 11.9. The molecule has 2 heterocycles. The summed E-state index contributed by atoms with van der Waals surface area (Å²) in [6.07, 6.45) is 1.97. The summed E-state index contributed by atoms with van der Waals surface area (Å²) in [6, 6.07) is 8.66. The molecule has 7 heteroatoms. The van der Waals surface area contributed by atoms with Gasteiger partial charge in [0.25, 0.3) is 5.91 Å². The number of primary amides is 1. The number of carbonyl (C=O) groups is 2. The second-order valence-electron chi connectivity index (χ2n) is 6.75. The Bertz CT molecular complexity index is 666. The lowest BCUT2D eigenvalue weighted by molar-refractivity contribution is -0.119. The topological polar surface area (TPSA) is 97.0 Å². The Hall–Kier alpha value is -2.41. The number of nitrogens with one attached hydrogen (secondary N) is 1. The Morgan fingerprint density at radius 3 is 2.44 bits per heavy atom. The summed E-state index contributed by atoms with van der Waals surface area (Å²) in [5, 5.41) is 8.93. The number of ether oxygens (including phenoxy) is 1. The molecule has 1 fully saturated rings. The number of hydrazone groups is 1. The van der Waals surface area contributed by atoms with Crippen LogP contribution in [0.15, 0.2) is 35.4 Å². The van der Waals surface area contributed by atoms with E-state index in [0.717, 1.165) is 18.5 Å². The molecule has 0 aliphatic carbocycles. The lowest BCUT2D eigenvalue weighted by Gasteiger charge is -2.32. The number of para-hydroxylation sites is 1. The molecule has 0 saturated carbocycles. The molecule has 3 unspecified atom stereocenters. The standard InChI is InChI=1S/C18H24N4O3/c1-11-8-13(9-12(2)25-11)20-18(24)15-10-16(17(19)23)22(21-15)14-6-4-3-5-7-14/h3-7,11-13,16H,8-10H2,1-2H3,(H2,19,23)(H,20,24). The van der Waals surface area contributed by atoms with Gasteiger partial charge in [-0.1, -0.05) is 18.2 Å². The molecule has 3 N–H and O–H groups in total. The first-order valence-electron chi connectivity index (χ1n) is 8.61. The van der Waals surface area contributed by atoms with Crippen molar-refractivity contribution < 1.29 is 14.3 Å². The van der Waals surface area contributed by atoms with Crippen LogP contribution in [-0.4, -0.2) is 41.8 Å². The number of anilines is 1. The van der Waals surface area contributed by atoms with Gasteiger partial charge in [0.2, 0.25) is 5.91 Å². The van der Waals surface area contributed by atoms with E-state index in [-0.39, 0.29) is 30.6 Å². The summed E-state index contributed by atoms with van der Waals surface area (Å²) in [7, 11) is 0. The van der Waals surface area contributed by atoms with Gasteiger partial charge in [0, 0.05) is 12.5 Å². The molecule has 2 amide bonds. The lowest BCUT2D eigenvalue weighted by Crippen LogP contribution is -2.46. The highest BCUT2D eigenvalue weighted by Gasteiger charge is 2.36. The average Bonchev–Trinajstić information content (AvgIpc) is 3.00. The smallest absolute Gasteiger partial charge is 0.267 e. The van der Waals surface area contributed by atoms with Crippen molar-refractivity contribution in [3.8, 4) is 0 Å². The van der Waals surface area contributed by atoms with Crippen molar-refractivity contribution >= 4 is 23.2 Å². The van der Waals surface area contributed by atoms with Gasteiger partial charge in [-0.25, -0.2) is 0 Å². The summed E-state index contributed by atoms with van der Waals surface area (Å²) < 4.78 is 5.70. The molecule has 25 heavy (non-hydrogen) atoms. The highest BCUT2D eigenvalue weighted by Crippen LogP contribution is 2.25. The zero-order valence-electron chi connectivity index (χ0n) is 14.5. The fraction of sp³-hybridized carbons (Fsp3) is 0.500. The van der Waals surface area contributed by atoms with Crippen molar-refractivity contribution in [3.63, 3.8) is 0 Å². The minimum Gasteiger partial charge on any atom is -0.375 e. The SMILES string of the molecule is CC1CC(NC(=O)C2=NN(c3ccccc3)C(C(N)=O)C2)CC(C)O1. The van der Waals surface area contributed by atoms with Crippen LogP contribution in [0.3, 0.4) is 0 Å². The molecule has 7 nitrogen and oxygen atoms in total. The molecule has 0 bridgehead atoms. The molecule has 3 rings (SSSR count). The van der Waals surface area contributed by atoms with Gasteiger partial charge in [-0.05, 0) is 38.8 Å². The number of carbonyl (C=O) groups excluding carboxylic acids is 2. The summed E-state index contributed by atoms with van der Waals surface area (Å²) >= 11 is 0. The summed E-state index contributed by atoms with van der Waals surface area (Å²) in [5.74, 6) is -0.736. The Kier molecular flexibility index (Phi) is 5.03. The van der Waals surface area contributed by atoms with Crippen molar-refractivity contribution in [2.45, 2.75) is 57.4 Å². The van der Waals surface area contributed by atoms with Crippen molar-refractivity contribution in [2.24, 2.45) is 10.8 Å². The minimum absolute atomic E-state index is 0.0479. The van der Waals surface area contributed by atoms with Crippen molar-refractivity contribution in [1.82, 2.24) is 5.32 Å². The predicted octanol–water partition coefficient (Wildman–Crippen LogP) is 1.18. The first-order valence-corrected chi connectivity index (χ1v) is 8.61. The summed E-state index contributed by atoms with van der Waals surface area (Å²) in [6.45, 7) is 4.00. The molecule has 1 aromatic rings. The van der Waals surface area contributed by atoms with Gasteiger partial charge in [0.15, 0.2) is 0 Å². The van der Waals surface area contributed by atoms with Crippen LogP contribution in [0.2, 0.25) is 0 Å². The number of hydrogen-bond acceptors (Lipinski definition) is 5. The number of hydrogen-bond donors (Lipinski definition) is 2. The average molecular weight is 344 g/mol. The molecule has 0 aromatic heterocycles. The third-order valence-corrected chi connectivity index (χ3v) is 4.55. The molecule has 3 atom stereocenters. The van der Waals surface area contributed by atoms with Crippen molar-refractivity contribution in [2.75, 3.05) is 5.01 Å². The van der Waals surface area contributed by atoms with E-state index in [4.69, 9.17) is 10.5 Å². The number of amides is 2. The van der Waals surface area contributed by atoms with Gasteiger partial charge in [-0.15, -0.1) is 0 Å². The molecule has 2 aliphatic heterocycles. The monoisotopic (exact) mass is 344 g/mol. The van der Waals surface area contributed by atoms with Crippen LogP contribution in [0.5, 0.6) is 0 Å². The number of nitrogens with two attached hydrogens (primary N) is 1. The van der Waals surface area contributed by atoms with Gasteiger partial charge >= 0.3 is 0 Å². The molecular weight excluding hydrogens is 320 g/mol. The largest absolute Gasteiger partial charge is 0.375 e. The van der Waals surface area contributed by atoms with Gasteiger partial charge < -0.3 is 15.8 Å². The van der Waals surface area contributed by atoms with Crippen LogP contribution in [0.1, 0.15) is 33.1 Å². The number of benzene rings is 1. The lowest BCUT2D eigenvalue weighted by atomic mass is 9.99. The van der Waals surface area contributed by atoms with Crippen LogP contribution < -0.4 is 16.1 Å². The fourth-order valence-corrected chi connectivity index (χ4v) is 3.48. The highest BCUT2D eigenvalue weighted by molar-refractivity contribution is 6.40. The van der Waals surface area contributed by atoms with E-state index in [1.807, 2.05) is 44.2 Å². The van der Waals surface area contributed by atoms with E-state index >= 15 is 0 Å². The second-order valence-corrected chi connectivity index (χ2v) is 6.75. The van der Waals surface area contributed by atoms with Crippen molar-refractivity contribution in [1.29, 1.82) is 0 Å². The maximum Gasteiger partial charge on any atom is 0.267 e. The van der Waals surface area contributed by atoms with Crippen molar-refractivity contribution in [3.05, 3.63) is 30.3 Å². The molecule has 134 valence electrons. The van der Waals surface area contributed by atoms with E-state index in [0.29, 0.717) is 5.71 Å². The third kappa shape index (κ3) is 3.99. The van der Waals surface area contributed by atoms with E-state index in [2.05, 4.69) is 10.4 Å². The molecule has 1 aromatic carbocycles. The van der Waals surface area contributed by atoms with E-state index < -0.39 is 11.9 Å². The van der Waals surface area contributed by atoms with Crippen LogP contribution >= 0.6 is 0 Å². The Morgan fingerprint density at radius 2 is 1.84 bits per heavy atom. The maximum atomic E-state index is 12.6. The van der Waals surface area contributed by atoms with E-state index in [1.54, 1.807) is 0 Å². The number of rotatable bonds is 4. The summed E-state index contributed by atoms with van der Waals surface area (Å²) in [5.41, 5.74) is 6.58. The molecule has 1 saturated heterocycles. The molecular formula is C18H24N4O3. The summed E-state index contributed by atoms with van der Waals surface area (Å²) in [4.78, 5) is 24.4. The Balaban J connectivity index is 1.73. The van der Waals surface area contributed by atoms with E-state index in [9.17, 15) is 9.59 Å². The van der Waals surface area contributed by atoms with Gasteiger partial charge in [-0.2, -0.15) is 5.10 Å². The predicted molar refractivity (Wildman–Crippen MR) is 95.1 cm³/mol. The molecule has 0 radical (unpaired) electrons. The van der Waals surface area contributed by atoms with Gasteiger partial charge in [-0.3, -0.25) is 14.6 Å². The van der Waals surface area contributed by atoms with Crippen LogP contribution in [0, 0.1) is 0 Å².